The Morgan fingerprint density at radius 3 is 2.56 bits per heavy atom. The molecule has 98 valence electrons. The van der Waals surface area contributed by atoms with E-state index in [1.807, 2.05) is 0 Å². The van der Waals surface area contributed by atoms with Gasteiger partial charge in [0.05, 0.1) is 0 Å². The second-order valence-electron chi connectivity index (χ2n) is 5.56. The Labute approximate surface area is 108 Å². The van der Waals surface area contributed by atoms with E-state index in [1.165, 1.54) is 36.0 Å². The third-order valence-electron chi connectivity index (χ3n) is 4.58. The van der Waals surface area contributed by atoms with Crippen molar-refractivity contribution in [3.63, 3.8) is 0 Å². The van der Waals surface area contributed by atoms with Gasteiger partial charge in [-0.3, -0.25) is 0 Å². The van der Waals surface area contributed by atoms with Gasteiger partial charge in [-0.25, -0.2) is 0 Å². The van der Waals surface area contributed by atoms with Gasteiger partial charge in [-0.05, 0) is 43.9 Å². The molecule has 0 amide bonds. The summed E-state index contributed by atoms with van der Waals surface area (Å²) < 4.78 is 11.6. The van der Waals surface area contributed by atoms with Gasteiger partial charge < -0.3 is 15.2 Å². The van der Waals surface area contributed by atoms with Crippen LogP contribution in [0, 0.1) is 13.8 Å². The van der Waals surface area contributed by atoms with Crippen molar-refractivity contribution in [3.8, 4) is 11.5 Å². The highest BCUT2D eigenvalue weighted by Gasteiger charge is 2.42. The normalized spacial score (nSPS) is 20.4. The van der Waals surface area contributed by atoms with E-state index >= 15 is 0 Å². The van der Waals surface area contributed by atoms with Crippen molar-refractivity contribution in [2.45, 2.75) is 38.5 Å². The first-order valence-corrected chi connectivity index (χ1v) is 6.78. The zero-order valence-electron chi connectivity index (χ0n) is 11.2. The van der Waals surface area contributed by atoms with E-state index in [2.05, 4.69) is 19.9 Å². The largest absolute Gasteiger partial charge is 0.486 e. The molecule has 1 heterocycles. The topological polar surface area (TPSA) is 44.5 Å². The van der Waals surface area contributed by atoms with E-state index in [9.17, 15) is 0 Å². The molecule has 0 spiro atoms. The molecule has 1 aromatic carbocycles. The minimum Gasteiger partial charge on any atom is -0.486 e. The number of fused-ring (bicyclic) bond motifs is 1. The van der Waals surface area contributed by atoms with Crippen LogP contribution in [0.5, 0.6) is 11.5 Å². The van der Waals surface area contributed by atoms with E-state index in [1.54, 1.807) is 0 Å². The molecular formula is C15H21NO2. The van der Waals surface area contributed by atoms with Crippen molar-refractivity contribution < 1.29 is 9.47 Å². The van der Waals surface area contributed by atoms with Crippen LogP contribution >= 0.6 is 0 Å². The summed E-state index contributed by atoms with van der Waals surface area (Å²) in [6.45, 7) is 6.30. The standard InChI is InChI=1S/C15H21NO2/c1-10-8-12-14(18-7-6-17-12)13(11(10)2)15(9-16)4-3-5-15/h8H,3-7,9,16H2,1-2H3. The van der Waals surface area contributed by atoms with Gasteiger partial charge in [0.15, 0.2) is 11.5 Å². The van der Waals surface area contributed by atoms with Gasteiger partial charge in [-0.1, -0.05) is 6.42 Å². The highest BCUT2D eigenvalue weighted by atomic mass is 16.6. The third kappa shape index (κ3) is 1.53. The van der Waals surface area contributed by atoms with E-state index < -0.39 is 0 Å². The minimum absolute atomic E-state index is 0.126. The van der Waals surface area contributed by atoms with Crippen LogP contribution in [0.2, 0.25) is 0 Å². The molecule has 3 heteroatoms. The van der Waals surface area contributed by atoms with E-state index in [0.29, 0.717) is 19.8 Å². The van der Waals surface area contributed by atoms with E-state index in [-0.39, 0.29) is 5.41 Å². The molecule has 0 saturated heterocycles. The Morgan fingerprint density at radius 2 is 1.94 bits per heavy atom. The number of hydrogen-bond donors (Lipinski definition) is 1. The summed E-state index contributed by atoms with van der Waals surface area (Å²) in [6, 6.07) is 2.09. The maximum absolute atomic E-state index is 6.06. The SMILES string of the molecule is Cc1cc2c(c(C3(CN)CCC3)c1C)OCCO2. The maximum atomic E-state index is 6.06. The lowest BCUT2D eigenvalue weighted by Crippen LogP contribution is -2.43. The molecule has 1 aliphatic carbocycles. The summed E-state index contributed by atoms with van der Waals surface area (Å²) >= 11 is 0. The first-order valence-electron chi connectivity index (χ1n) is 6.78. The van der Waals surface area contributed by atoms with E-state index in [0.717, 1.165) is 11.5 Å². The monoisotopic (exact) mass is 247 g/mol. The second-order valence-corrected chi connectivity index (χ2v) is 5.56. The fourth-order valence-electron chi connectivity index (χ4n) is 3.21. The molecule has 0 unspecified atom stereocenters. The smallest absolute Gasteiger partial charge is 0.165 e. The Bertz CT molecular complexity index is 472. The highest BCUT2D eigenvalue weighted by molar-refractivity contribution is 5.58. The van der Waals surface area contributed by atoms with Crippen LogP contribution in [0.4, 0.5) is 0 Å². The zero-order valence-corrected chi connectivity index (χ0v) is 11.2. The Morgan fingerprint density at radius 1 is 1.22 bits per heavy atom. The lowest BCUT2D eigenvalue weighted by Gasteiger charge is -2.44. The number of nitrogens with two attached hydrogens (primary N) is 1. The summed E-state index contributed by atoms with van der Waals surface area (Å²) in [7, 11) is 0. The first-order chi connectivity index (χ1) is 8.68. The highest BCUT2D eigenvalue weighted by Crippen LogP contribution is 2.51. The van der Waals surface area contributed by atoms with Crippen LogP contribution in [0.15, 0.2) is 6.07 Å². The van der Waals surface area contributed by atoms with Crippen LogP contribution < -0.4 is 15.2 Å². The Hall–Kier alpha value is -1.22. The predicted octanol–water partition coefficient (Wildman–Crippen LogP) is 2.46. The number of aryl methyl sites for hydroxylation is 1. The average molecular weight is 247 g/mol. The number of ether oxygens (including phenoxy) is 2. The van der Waals surface area contributed by atoms with Crippen molar-refractivity contribution in [1.29, 1.82) is 0 Å². The van der Waals surface area contributed by atoms with E-state index in [4.69, 9.17) is 15.2 Å². The molecule has 0 aromatic heterocycles. The molecule has 0 radical (unpaired) electrons. The van der Waals surface area contributed by atoms with Gasteiger partial charge in [-0.2, -0.15) is 0 Å². The van der Waals surface area contributed by atoms with Crippen LogP contribution in [-0.4, -0.2) is 19.8 Å². The summed E-state index contributed by atoms with van der Waals surface area (Å²) in [5.41, 5.74) is 10.1. The summed E-state index contributed by atoms with van der Waals surface area (Å²) in [5, 5.41) is 0. The van der Waals surface area contributed by atoms with Crippen molar-refractivity contribution in [3.05, 3.63) is 22.8 Å². The molecule has 2 N–H and O–H groups in total. The van der Waals surface area contributed by atoms with Crippen molar-refractivity contribution in [2.24, 2.45) is 5.73 Å². The predicted molar refractivity (Wildman–Crippen MR) is 71.5 cm³/mol. The van der Waals surface area contributed by atoms with Gasteiger partial charge in [0, 0.05) is 17.5 Å². The minimum atomic E-state index is 0.126. The van der Waals surface area contributed by atoms with Crippen LogP contribution in [-0.2, 0) is 5.41 Å². The molecule has 1 aliphatic heterocycles. The fourth-order valence-corrected chi connectivity index (χ4v) is 3.21. The zero-order chi connectivity index (χ0) is 12.8. The van der Waals surface area contributed by atoms with Gasteiger partial charge in [0.25, 0.3) is 0 Å². The molecule has 1 aromatic rings. The molecule has 18 heavy (non-hydrogen) atoms. The number of benzene rings is 1. The Kier molecular flexibility index (Phi) is 2.74. The average Bonchev–Trinajstić information content (AvgIpc) is 2.33. The molecule has 1 fully saturated rings. The van der Waals surface area contributed by atoms with Gasteiger partial charge >= 0.3 is 0 Å². The van der Waals surface area contributed by atoms with Crippen molar-refractivity contribution >= 4 is 0 Å². The fraction of sp³-hybridized carbons (Fsp3) is 0.600. The van der Waals surface area contributed by atoms with Crippen LogP contribution in [0.1, 0.15) is 36.0 Å². The van der Waals surface area contributed by atoms with Gasteiger partial charge in [0.1, 0.15) is 13.2 Å². The van der Waals surface area contributed by atoms with Crippen molar-refractivity contribution in [2.75, 3.05) is 19.8 Å². The molecule has 1 saturated carbocycles. The number of hydrogen-bond acceptors (Lipinski definition) is 3. The molecule has 0 atom stereocenters. The number of rotatable bonds is 2. The van der Waals surface area contributed by atoms with Crippen LogP contribution in [0.3, 0.4) is 0 Å². The summed E-state index contributed by atoms with van der Waals surface area (Å²) in [6.07, 6.45) is 3.60. The Balaban J connectivity index is 2.20. The molecular weight excluding hydrogens is 226 g/mol. The molecule has 2 aliphatic rings. The first kappa shape index (κ1) is 11.8. The molecule has 3 nitrogen and oxygen atoms in total. The van der Waals surface area contributed by atoms with Gasteiger partial charge in [-0.15, -0.1) is 0 Å². The lowest BCUT2D eigenvalue weighted by molar-refractivity contribution is 0.159. The third-order valence-corrected chi connectivity index (χ3v) is 4.58. The quantitative estimate of drug-likeness (QED) is 0.873. The lowest BCUT2D eigenvalue weighted by atomic mass is 9.62. The van der Waals surface area contributed by atoms with Gasteiger partial charge in [0.2, 0.25) is 0 Å². The summed E-state index contributed by atoms with van der Waals surface area (Å²) in [5.74, 6) is 1.86. The van der Waals surface area contributed by atoms with Crippen molar-refractivity contribution in [1.82, 2.24) is 0 Å². The second kappa shape index (κ2) is 4.16. The molecule has 3 rings (SSSR count). The van der Waals surface area contributed by atoms with Crippen LogP contribution in [0.25, 0.3) is 0 Å². The maximum Gasteiger partial charge on any atom is 0.165 e. The summed E-state index contributed by atoms with van der Waals surface area (Å²) in [4.78, 5) is 0. The molecule has 0 bridgehead atoms.